The fourth-order valence-electron chi connectivity index (χ4n) is 2.10. The molecule has 0 saturated carbocycles. The van der Waals surface area contributed by atoms with Crippen LogP contribution >= 0.6 is 0 Å². The van der Waals surface area contributed by atoms with E-state index in [4.69, 9.17) is 10.5 Å². The predicted molar refractivity (Wildman–Crippen MR) is 79.3 cm³/mol. The molecule has 0 aliphatic rings. The van der Waals surface area contributed by atoms with Gasteiger partial charge in [0.1, 0.15) is 11.3 Å². The molecule has 1 aromatic heterocycles. The van der Waals surface area contributed by atoms with Crippen molar-refractivity contribution in [1.82, 2.24) is 9.55 Å². The second-order valence-electron chi connectivity index (χ2n) is 5.36. The van der Waals surface area contributed by atoms with Crippen LogP contribution in [0.5, 0.6) is 5.75 Å². The van der Waals surface area contributed by atoms with Crippen LogP contribution in [-0.4, -0.2) is 16.2 Å². The first-order valence-corrected chi connectivity index (χ1v) is 6.92. The van der Waals surface area contributed by atoms with Crippen molar-refractivity contribution in [3.05, 3.63) is 18.2 Å². The minimum absolute atomic E-state index is 0.551. The number of hydrogen-bond acceptors (Lipinski definition) is 3. The van der Waals surface area contributed by atoms with Crippen LogP contribution in [0.3, 0.4) is 0 Å². The molecule has 4 nitrogen and oxygen atoms in total. The van der Waals surface area contributed by atoms with E-state index in [2.05, 4.69) is 30.3 Å². The minimum Gasteiger partial charge on any atom is -0.492 e. The van der Waals surface area contributed by atoms with Crippen LogP contribution in [0.25, 0.3) is 11.0 Å². The number of rotatable bonds is 5. The number of para-hydroxylation sites is 1. The summed E-state index contributed by atoms with van der Waals surface area (Å²) in [6.07, 6.45) is 0. The lowest BCUT2D eigenvalue weighted by atomic mass is 9.98. The van der Waals surface area contributed by atoms with Crippen molar-refractivity contribution in [3.63, 3.8) is 0 Å². The summed E-state index contributed by atoms with van der Waals surface area (Å²) in [5.74, 6) is 2.54. The molecule has 2 rings (SSSR count). The van der Waals surface area contributed by atoms with Gasteiger partial charge in [0.15, 0.2) is 0 Å². The van der Waals surface area contributed by atoms with Crippen LogP contribution in [0.1, 0.15) is 27.7 Å². The number of nitrogen functional groups attached to an aromatic ring is 1. The zero-order valence-corrected chi connectivity index (χ0v) is 12.2. The normalized spacial score (nSPS) is 13.1. The number of aromatic nitrogens is 2. The van der Waals surface area contributed by atoms with Crippen molar-refractivity contribution in [2.24, 2.45) is 11.8 Å². The molecular formula is C15H23N3O. The van der Waals surface area contributed by atoms with Crippen LogP contribution in [0.4, 0.5) is 5.95 Å². The van der Waals surface area contributed by atoms with Crippen molar-refractivity contribution in [3.8, 4) is 5.75 Å². The van der Waals surface area contributed by atoms with Crippen LogP contribution in [0, 0.1) is 11.8 Å². The molecule has 1 aromatic carbocycles. The van der Waals surface area contributed by atoms with E-state index in [-0.39, 0.29) is 0 Å². The molecular weight excluding hydrogens is 238 g/mol. The molecule has 0 bridgehead atoms. The number of anilines is 1. The van der Waals surface area contributed by atoms with Gasteiger partial charge in [0.2, 0.25) is 5.95 Å². The second-order valence-corrected chi connectivity index (χ2v) is 5.36. The van der Waals surface area contributed by atoms with Gasteiger partial charge < -0.3 is 15.0 Å². The van der Waals surface area contributed by atoms with Crippen LogP contribution in [0.15, 0.2) is 18.2 Å². The molecule has 104 valence electrons. The summed E-state index contributed by atoms with van der Waals surface area (Å²) in [6.45, 7) is 10.2. The van der Waals surface area contributed by atoms with E-state index >= 15 is 0 Å². The number of hydrogen-bond donors (Lipinski definition) is 1. The molecule has 1 heterocycles. The molecule has 1 unspecified atom stereocenters. The summed E-state index contributed by atoms with van der Waals surface area (Å²) in [4.78, 5) is 4.46. The number of fused-ring (bicyclic) bond motifs is 1. The van der Waals surface area contributed by atoms with Crippen molar-refractivity contribution in [2.75, 3.05) is 12.3 Å². The lowest BCUT2D eigenvalue weighted by Gasteiger charge is -2.17. The third kappa shape index (κ3) is 2.67. The predicted octanol–water partition coefficient (Wildman–Crippen LogP) is 3.31. The fraction of sp³-hybridized carbons (Fsp3) is 0.533. The van der Waals surface area contributed by atoms with E-state index in [0.29, 0.717) is 24.4 Å². The average molecular weight is 261 g/mol. The minimum atomic E-state index is 0.551. The average Bonchev–Trinajstić information content (AvgIpc) is 2.68. The highest BCUT2D eigenvalue weighted by atomic mass is 16.5. The number of ether oxygens (including phenoxy) is 1. The van der Waals surface area contributed by atoms with E-state index in [1.54, 1.807) is 0 Å². The third-order valence-corrected chi connectivity index (χ3v) is 3.68. The fourth-order valence-corrected chi connectivity index (χ4v) is 2.10. The Morgan fingerprint density at radius 2 is 2.05 bits per heavy atom. The summed E-state index contributed by atoms with van der Waals surface area (Å²) in [6, 6.07) is 5.98. The smallest absolute Gasteiger partial charge is 0.201 e. The molecule has 2 N–H and O–H groups in total. The van der Waals surface area contributed by atoms with Gasteiger partial charge in [-0.2, -0.15) is 0 Å². The van der Waals surface area contributed by atoms with E-state index in [0.717, 1.165) is 23.3 Å². The van der Waals surface area contributed by atoms with Gasteiger partial charge in [-0.05, 0) is 30.9 Å². The maximum atomic E-state index is 6.06. The summed E-state index contributed by atoms with van der Waals surface area (Å²) in [5.41, 5.74) is 7.97. The third-order valence-electron chi connectivity index (χ3n) is 3.68. The lowest BCUT2D eigenvalue weighted by molar-refractivity contribution is 0.343. The Morgan fingerprint density at radius 1 is 1.32 bits per heavy atom. The number of nitrogens with zero attached hydrogens (tertiary/aromatic N) is 2. The van der Waals surface area contributed by atoms with E-state index in [9.17, 15) is 0 Å². The van der Waals surface area contributed by atoms with Gasteiger partial charge in [-0.15, -0.1) is 0 Å². The maximum absolute atomic E-state index is 6.06. The van der Waals surface area contributed by atoms with Crippen LogP contribution < -0.4 is 10.5 Å². The topological polar surface area (TPSA) is 53.1 Å². The van der Waals surface area contributed by atoms with Gasteiger partial charge in [0, 0.05) is 6.54 Å². The highest BCUT2D eigenvalue weighted by Crippen LogP contribution is 2.28. The quantitative estimate of drug-likeness (QED) is 0.898. The van der Waals surface area contributed by atoms with Crippen molar-refractivity contribution in [2.45, 2.75) is 34.2 Å². The number of nitrogens with two attached hydrogens (primary N) is 1. The molecule has 0 saturated heterocycles. The zero-order valence-electron chi connectivity index (χ0n) is 12.2. The molecule has 0 spiro atoms. The summed E-state index contributed by atoms with van der Waals surface area (Å²) in [5, 5.41) is 0. The number of benzene rings is 1. The Bertz CT molecular complexity index is 560. The Balaban J connectivity index is 2.44. The van der Waals surface area contributed by atoms with Gasteiger partial charge in [-0.25, -0.2) is 4.98 Å². The Morgan fingerprint density at radius 3 is 2.68 bits per heavy atom. The van der Waals surface area contributed by atoms with Crippen molar-refractivity contribution in [1.29, 1.82) is 0 Å². The van der Waals surface area contributed by atoms with Gasteiger partial charge in [0.25, 0.3) is 0 Å². The van der Waals surface area contributed by atoms with Crippen molar-refractivity contribution < 1.29 is 4.74 Å². The molecule has 19 heavy (non-hydrogen) atoms. The van der Waals surface area contributed by atoms with Gasteiger partial charge >= 0.3 is 0 Å². The van der Waals surface area contributed by atoms with Gasteiger partial charge in [-0.3, -0.25) is 0 Å². The Hall–Kier alpha value is -1.71. The Labute approximate surface area is 114 Å². The highest BCUT2D eigenvalue weighted by Gasteiger charge is 2.15. The maximum Gasteiger partial charge on any atom is 0.201 e. The second kappa shape index (κ2) is 5.51. The molecule has 2 aromatic rings. The largest absolute Gasteiger partial charge is 0.492 e. The zero-order chi connectivity index (χ0) is 14.0. The Kier molecular flexibility index (Phi) is 3.98. The highest BCUT2D eigenvalue weighted by molar-refractivity contribution is 5.84. The first-order valence-electron chi connectivity index (χ1n) is 6.92. The van der Waals surface area contributed by atoms with Crippen LogP contribution in [-0.2, 0) is 6.54 Å². The summed E-state index contributed by atoms with van der Waals surface area (Å²) in [7, 11) is 0. The number of imidazole rings is 1. The summed E-state index contributed by atoms with van der Waals surface area (Å²) < 4.78 is 7.69. The summed E-state index contributed by atoms with van der Waals surface area (Å²) >= 11 is 0. The molecule has 0 radical (unpaired) electrons. The first kappa shape index (κ1) is 13.7. The van der Waals surface area contributed by atoms with E-state index < -0.39 is 0 Å². The van der Waals surface area contributed by atoms with Gasteiger partial charge in [-0.1, -0.05) is 26.8 Å². The molecule has 1 atom stereocenters. The first-order chi connectivity index (χ1) is 9.04. The van der Waals surface area contributed by atoms with E-state index in [1.165, 1.54) is 0 Å². The monoisotopic (exact) mass is 261 g/mol. The molecule has 0 aliphatic heterocycles. The van der Waals surface area contributed by atoms with Gasteiger partial charge in [0.05, 0.1) is 12.1 Å². The molecule has 0 aliphatic carbocycles. The molecule has 4 heteroatoms. The van der Waals surface area contributed by atoms with E-state index in [1.807, 2.05) is 25.1 Å². The molecule has 0 amide bonds. The lowest BCUT2D eigenvalue weighted by Crippen LogP contribution is -2.14. The molecule has 0 fully saturated rings. The van der Waals surface area contributed by atoms with Crippen LogP contribution in [0.2, 0.25) is 0 Å². The SMILES string of the molecule is CCOc1cccc2c1nc(N)n2CC(C)C(C)C. The van der Waals surface area contributed by atoms with Crippen molar-refractivity contribution >= 4 is 17.0 Å². The standard InChI is InChI=1S/C15H23N3O/c1-5-19-13-8-6-7-12-14(13)17-15(16)18(12)9-11(4)10(2)3/h6-8,10-11H,5,9H2,1-4H3,(H2,16,17).